The molecule has 3 rings (SSSR count). The molecule has 0 bridgehead atoms. The van der Waals surface area contributed by atoms with E-state index < -0.39 is 0 Å². The lowest BCUT2D eigenvalue weighted by atomic mass is 10.2. The second kappa shape index (κ2) is 9.05. The number of benzene rings is 1. The third kappa shape index (κ3) is 4.62. The van der Waals surface area contributed by atoms with Gasteiger partial charge >= 0.3 is 0 Å². The Bertz CT molecular complexity index is 822. The Balaban J connectivity index is 1.58. The number of hydrogen-bond donors (Lipinski definition) is 1. The largest absolute Gasteiger partial charge is 0.337 e. The van der Waals surface area contributed by atoms with Crippen LogP contribution in [0.1, 0.15) is 32.2 Å². The SMILES string of the molecule is CCc1nnc(N2CCN(C(C)C(=O)Nc3cccc(F)c3)CC2)nc1CC. The molecule has 0 spiro atoms. The van der Waals surface area contributed by atoms with Crippen LogP contribution >= 0.6 is 0 Å². The summed E-state index contributed by atoms with van der Waals surface area (Å²) in [7, 11) is 0. The van der Waals surface area contributed by atoms with Crippen LogP contribution in [0, 0.1) is 5.82 Å². The van der Waals surface area contributed by atoms with E-state index in [0.717, 1.165) is 50.4 Å². The molecule has 1 saturated heterocycles. The zero-order chi connectivity index (χ0) is 20.1. The van der Waals surface area contributed by atoms with E-state index in [0.29, 0.717) is 11.6 Å². The van der Waals surface area contributed by atoms with Gasteiger partial charge in [-0.05, 0) is 38.0 Å². The summed E-state index contributed by atoms with van der Waals surface area (Å²) in [5, 5.41) is 11.4. The Kier molecular flexibility index (Phi) is 6.51. The molecule has 2 aromatic rings. The van der Waals surface area contributed by atoms with Gasteiger partial charge in [0, 0.05) is 31.9 Å². The molecule has 1 atom stereocenters. The molecular weight excluding hydrogens is 359 g/mol. The third-order valence-electron chi connectivity index (χ3n) is 5.11. The van der Waals surface area contributed by atoms with Crippen molar-refractivity contribution < 1.29 is 9.18 Å². The number of halogens is 1. The van der Waals surface area contributed by atoms with Gasteiger partial charge < -0.3 is 10.2 Å². The van der Waals surface area contributed by atoms with Crippen molar-refractivity contribution >= 4 is 17.5 Å². The summed E-state index contributed by atoms with van der Waals surface area (Å²) in [5.41, 5.74) is 2.42. The van der Waals surface area contributed by atoms with Crippen molar-refractivity contribution in [1.29, 1.82) is 0 Å². The molecule has 2 heterocycles. The highest BCUT2D eigenvalue weighted by Gasteiger charge is 2.27. The molecule has 28 heavy (non-hydrogen) atoms. The standard InChI is InChI=1S/C20H27FN6O/c1-4-17-18(5-2)24-25-20(23-17)27-11-9-26(10-12-27)14(3)19(28)22-16-8-6-7-15(21)13-16/h6-8,13-14H,4-5,9-12H2,1-3H3,(H,22,28). The fourth-order valence-corrected chi connectivity index (χ4v) is 3.35. The van der Waals surface area contributed by atoms with E-state index in [1.54, 1.807) is 12.1 Å². The number of amides is 1. The lowest BCUT2D eigenvalue weighted by Crippen LogP contribution is -2.53. The minimum absolute atomic E-state index is 0.141. The molecule has 1 N–H and O–H groups in total. The minimum atomic E-state index is -0.367. The predicted molar refractivity (Wildman–Crippen MR) is 107 cm³/mol. The zero-order valence-corrected chi connectivity index (χ0v) is 16.7. The molecule has 7 nitrogen and oxygen atoms in total. The highest BCUT2D eigenvalue weighted by Crippen LogP contribution is 2.16. The van der Waals surface area contributed by atoms with Crippen LogP contribution in [0.2, 0.25) is 0 Å². The first-order valence-corrected chi connectivity index (χ1v) is 9.79. The van der Waals surface area contributed by atoms with Gasteiger partial charge in [0.15, 0.2) is 0 Å². The van der Waals surface area contributed by atoms with E-state index in [4.69, 9.17) is 0 Å². The van der Waals surface area contributed by atoms with Crippen molar-refractivity contribution in [3.63, 3.8) is 0 Å². The van der Waals surface area contributed by atoms with Gasteiger partial charge in [0.25, 0.3) is 0 Å². The number of aromatic nitrogens is 3. The van der Waals surface area contributed by atoms with E-state index in [2.05, 4.69) is 44.1 Å². The molecule has 8 heteroatoms. The molecule has 1 aromatic carbocycles. The van der Waals surface area contributed by atoms with E-state index in [1.807, 2.05) is 6.92 Å². The number of aryl methyl sites for hydroxylation is 2. The van der Waals surface area contributed by atoms with E-state index in [-0.39, 0.29) is 17.8 Å². The van der Waals surface area contributed by atoms with E-state index >= 15 is 0 Å². The number of carbonyl (C=O) groups excluding carboxylic acids is 1. The highest BCUT2D eigenvalue weighted by molar-refractivity contribution is 5.94. The van der Waals surface area contributed by atoms with Crippen LogP contribution < -0.4 is 10.2 Å². The van der Waals surface area contributed by atoms with Gasteiger partial charge in [0.1, 0.15) is 5.82 Å². The molecule has 0 radical (unpaired) electrons. The molecular formula is C20H27FN6O. The Labute approximate surface area is 165 Å². The fraction of sp³-hybridized carbons (Fsp3) is 0.500. The molecule has 1 aliphatic heterocycles. The van der Waals surface area contributed by atoms with Crippen LogP contribution in [0.4, 0.5) is 16.0 Å². The second-order valence-electron chi connectivity index (χ2n) is 6.91. The highest BCUT2D eigenvalue weighted by atomic mass is 19.1. The van der Waals surface area contributed by atoms with Crippen LogP contribution in [0.15, 0.2) is 24.3 Å². The van der Waals surface area contributed by atoms with Crippen molar-refractivity contribution in [2.24, 2.45) is 0 Å². The number of hydrogen-bond acceptors (Lipinski definition) is 6. The maximum absolute atomic E-state index is 13.3. The minimum Gasteiger partial charge on any atom is -0.337 e. The first-order chi connectivity index (χ1) is 13.5. The maximum atomic E-state index is 13.3. The van der Waals surface area contributed by atoms with Crippen LogP contribution in [0.5, 0.6) is 0 Å². The van der Waals surface area contributed by atoms with Crippen LogP contribution in [-0.4, -0.2) is 58.2 Å². The quantitative estimate of drug-likeness (QED) is 0.821. The number of rotatable bonds is 6. The van der Waals surface area contributed by atoms with Gasteiger partial charge in [-0.1, -0.05) is 19.9 Å². The van der Waals surface area contributed by atoms with Gasteiger partial charge in [0.05, 0.1) is 17.4 Å². The second-order valence-corrected chi connectivity index (χ2v) is 6.91. The molecule has 0 aliphatic carbocycles. The van der Waals surface area contributed by atoms with Crippen molar-refractivity contribution in [3.8, 4) is 0 Å². The average Bonchev–Trinajstić information content (AvgIpc) is 2.72. The summed E-state index contributed by atoms with van der Waals surface area (Å²) in [4.78, 5) is 21.4. The van der Waals surface area contributed by atoms with Gasteiger partial charge in [-0.15, -0.1) is 5.10 Å². The molecule has 0 saturated carbocycles. The van der Waals surface area contributed by atoms with Crippen molar-refractivity contribution in [2.75, 3.05) is 36.4 Å². The Morgan fingerprint density at radius 2 is 1.86 bits per heavy atom. The summed E-state index contributed by atoms with van der Waals surface area (Å²) in [5.74, 6) is 0.149. The maximum Gasteiger partial charge on any atom is 0.245 e. The van der Waals surface area contributed by atoms with Crippen LogP contribution in [0.3, 0.4) is 0 Å². The lowest BCUT2D eigenvalue weighted by molar-refractivity contribution is -0.120. The fourth-order valence-electron chi connectivity index (χ4n) is 3.35. The van der Waals surface area contributed by atoms with Crippen LogP contribution in [0.25, 0.3) is 0 Å². The molecule has 150 valence electrons. The van der Waals surface area contributed by atoms with E-state index in [9.17, 15) is 9.18 Å². The summed E-state index contributed by atoms with van der Waals surface area (Å²) in [6.07, 6.45) is 1.66. The first kappa shape index (κ1) is 20.1. The molecule has 1 fully saturated rings. The van der Waals surface area contributed by atoms with Gasteiger partial charge in [-0.2, -0.15) is 5.10 Å². The molecule has 1 aromatic heterocycles. The molecule has 1 amide bonds. The molecule has 1 aliphatic rings. The number of nitrogens with zero attached hydrogens (tertiary/aromatic N) is 5. The van der Waals surface area contributed by atoms with Crippen LogP contribution in [-0.2, 0) is 17.6 Å². The zero-order valence-electron chi connectivity index (χ0n) is 16.7. The van der Waals surface area contributed by atoms with Crippen molar-refractivity contribution in [1.82, 2.24) is 20.1 Å². The average molecular weight is 386 g/mol. The Morgan fingerprint density at radius 3 is 2.50 bits per heavy atom. The topological polar surface area (TPSA) is 74.2 Å². The Hall–Kier alpha value is -2.61. The monoisotopic (exact) mass is 386 g/mol. The predicted octanol–water partition coefficient (Wildman–Crippen LogP) is 2.28. The van der Waals surface area contributed by atoms with Gasteiger partial charge in [0.2, 0.25) is 11.9 Å². The summed E-state index contributed by atoms with van der Waals surface area (Å²) >= 11 is 0. The first-order valence-electron chi connectivity index (χ1n) is 9.79. The normalized spacial score (nSPS) is 16.1. The third-order valence-corrected chi connectivity index (χ3v) is 5.11. The van der Waals surface area contributed by atoms with Gasteiger partial charge in [-0.3, -0.25) is 9.69 Å². The summed E-state index contributed by atoms with van der Waals surface area (Å²) < 4.78 is 13.3. The Morgan fingerprint density at radius 1 is 1.14 bits per heavy atom. The number of piperazine rings is 1. The number of nitrogens with one attached hydrogen (secondary N) is 1. The van der Waals surface area contributed by atoms with E-state index in [1.165, 1.54) is 12.1 Å². The van der Waals surface area contributed by atoms with Gasteiger partial charge in [-0.25, -0.2) is 9.37 Å². The molecule has 1 unspecified atom stereocenters. The number of anilines is 2. The van der Waals surface area contributed by atoms with Crippen molar-refractivity contribution in [2.45, 2.75) is 39.7 Å². The lowest BCUT2D eigenvalue weighted by Gasteiger charge is -2.37. The van der Waals surface area contributed by atoms with Crippen molar-refractivity contribution in [3.05, 3.63) is 41.5 Å². The summed E-state index contributed by atoms with van der Waals surface area (Å²) in [6, 6.07) is 5.63. The summed E-state index contributed by atoms with van der Waals surface area (Å²) in [6.45, 7) is 8.90. The smallest absolute Gasteiger partial charge is 0.245 e. The number of carbonyl (C=O) groups is 1.